The normalized spacial score (nSPS) is 11.1. The molecule has 0 fully saturated rings. The van der Waals surface area contributed by atoms with Gasteiger partial charge in [0.2, 0.25) is 0 Å². The van der Waals surface area contributed by atoms with Crippen LogP contribution in [0.2, 0.25) is 0 Å². The summed E-state index contributed by atoms with van der Waals surface area (Å²) in [5.41, 5.74) is 0.945. The van der Waals surface area contributed by atoms with Gasteiger partial charge in [0.1, 0.15) is 5.75 Å². The first-order valence-corrected chi connectivity index (χ1v) is 8.43. The highest BCUT2D eigenvalue weighted by Crippen LogP contribution is 2.40. The third-order valence-corrected chi connectivity index (χ3v) is 4.98. The molecule has 0 radical (unpaired) electrons. The molecule has 1 aromatic heterocycles. The fraction of sp³-hybridized carbons (Fsp3) is 0.0526. The van der Waals surface area contributed by atoms with E-state index in [-0.39, 0.29) is 5.56 Å². The number of nitrogens with zero attached hydrogens (tertiary/aromatic N) is 2. The molecular weight excluding hydrogens is 382 g/mol. The van der Waals surface area contributed by atoms with Gasteiger partial charge in [0, 0.05) is 0 Å². The van der Waals surface area contributed by atoms with Crippen molar-refractivity contribution in [3.8, 4) is 17.1 Å². The number of fused-ring (bicyclic) bond motifs is 2. The predicted molar refractivity (Wildman–Crippen MR) is 103 cm³/mol. The molecule has 2 N–H and O–H groups in total. The summed E-state index contributed by atoms with van der Waals surface area (Å²) < 4.78 is 7.46. The number of nitrogen functional groups attached to an aromatic ring is 1. The minimum absolute atomic E-state index is 0.299. The second-order valence-corrected chi connectivity index (χ2v) is 6.41. The third-order valence-electron chi connectivity index (χ3n) is 4.19. The van der Waals surface area contributed by atoms with Crippen molar-refractivity contribution in [2.75, 3.05) is 13.0 Å². The van der Waals surface area contributed by atoms with Gasteiger partial charge in [0.25, 0.3) is 5.56 Å². The maximum Gasteiger partial charge on any atom is 0.280 e. The van der Waals surface area contributed by atoms with E-state index in [1.807, 2.05) is 36.4 Å². The number of hydrogen-bond donors (Lipinski definition) is 1. The van der Waals surface area contributed by atoms with Crippen molar-refractivity contribution in [3.05, 3.63) is 69.4 Å². The van der Waals surface area contributed by atoms with Gasteiger partial charge < -0.3 is 10.6 Å². The van der Waals surface area contributed by atoms with Gasteiger partial charge in [-0.3, -0.25) is 4.79 Å². The van der Waals surface area contributed by atoms with Crippen LogP contribution in [0.3, 0.4) is 0 Å². The first-order valence-electron chi connectivity index (χ1n) is 7.64. The summed E-state index contributed by atoms with van der Waals surface area (Å²) >= 11 is 3.60. The summed E-state index contributed by atoms with van der Waals surface area (Å²) in [6.45, 7) is 0. The average Bonchev–Trinajstić information content (AvgIpc) is 2.64. The number of halogens is 1. The molecule has 5 nitrogen and oxygen atoms in total. The molecule has 4 aromatic rings. The molecule has 0 spiro atoms. The standard InChI is InChI=1S/C19H14BrN3O2/c1-25-17-14(10-11-6-2-3-7-12(11)16(17)20)18-22-15-9-5-4-8-13(15)19(24)23(18)21/h2-10H,21H2,1H3. The number of benzene rings is 3. The molecule has 0 saturated carbocycles. The number of nitrogens with two attached hydrogens (primary N) is 1. The Balaban J connectivity index is 2.13. The molecule has 6 heteroatoms. The first-order chi connectivity index (χ1) is 12.1. The molecule has 0 aliphatic heterocycles. The average molecular weight is 396 g/mol. The van der Waals surface area contributed by atoms with Crippen molar-refractivity contribution in [1.29, 1.82) is 0 Å². The van der Waals surface area contributed by atoms with Gasteiger partial charge in [0.05, 0.1) is 28.0 Å². The highest BCUT2D eigenvalue weighted by Gasteiger charge is 2.19. The summed E-state index contributed by atoms with van der Waals surface area (Å²) in [5.74, 6) is 7.01. The van der Waals surface area contributed by atoms with Gasteiger partial charge in [0.15, 0.2) is 5.82 Å². The molecule has 0 amide bonds. The molecule has 0 saturated heterocycles. The van der Waals surface area contributed by atoms with Crippen molar-refractivity contribution in [3.63, 3.8) is 0 Å². The van der Waals surface area contributed by atoms with Gasteiger partial charge in [-0.1, -0.05) is 36.4 Å². The van der Waals surface area contributed by atoms with Crippen LogP contribution in [0.15, 0.2) is 63.9 Å². The Hall–Kier alpha value is -2.86. The number of rotatable bonds is 2. The largest absolute Gasteiger partial charge is 0.495 e. The molecule has 0 aliphatic carbocycles. The number of para-hydroxylation sites is 1. The zero-order valence-electron chi connectivity index (χ0n) is 13.4. The van der Waals surface area contributed by atoms with Gasteiger partial charge in [-0.15, -0.1) is 0 Å². The van der Waals surface area contributed by atoms with Gasteiger partial charge in [-0.25, -0.2) is 9.66 Å². The molecule has 4 rings (SSSR count). The summed E-state index contributed by atoms with van der Waals surface area (Å²) in [7, 11) is 1.58. The number of hydrogen-bond acceptors (Lipinski definition) is 4. The van der Waals surface area contributed by atoms with Crippen LogP contribution in [0.25, 0.3) is 33.1 Å². The van der Waals surface area contributed by atoms with Crippen LogP contribution >= 0.6 is 15.9 Å². The Labute approximate surface area is 151 Å². The third kappa shape index (κ3) is 2.37. The van der Waals surface area contributed by atoms with E-state index in [4.69, 9.17) is 10.6 Å². The maximum absolute atomic E-state index is 12.6. The molecule has 3 aromatic carbocycles. The van der Waals surface area contributed by atoms with Gasteiger partial charge in [-0.2, -0.15) is 0 Å². The lowest BCUT2D eigenvalue weighted by atomic mass is 10.0. The molecule has 0 aliphatic rings. The second-order valence-electron chi connectivity index (χ2n) is 5.62. The van der Waals surface area contributed by atoms with Crippen LogP contribution in [0.5, 0.6) is 5.75 Å². The molecule has 1 heterocycles. The fourth-order valence-electron chi connectivity index (χ4n) is 2.99. The van der Waals surface area contributed by atoms with Crippen molar-refractivity contribution in [1.82, 2.24) is 9.66 Å². The summed E-state index contributed by atoms with van der Waals surface area (Å²) in [4.78, 5) is 17.2. The zero-order chi connectivity index (χ0) is 17.6. The molecule has 0 atom stereocenters. The zero-order valence-corrected chi connectivity index (χ0v) is 14.9. The van der Waals surface area contributed by atoms with E-state index >= 15 is 0 Å². The van der Waals surface area contributed by atoms with E-state index in [9.17, 15) is 4.79 Å². The van der Waals surface area contributed by atoms with Crippen molar-refractivity contribution < 1.29 is 4.74 Å². The lowest BCUT2D eigenvalue weighted by Gasteiger charge is -2.15. The van der Waals surface area contributed by atoms with Crippen LogP contribution in [-0.4, -0.2) is 16.8 Å². The fourth-order valence-corrected chi connectivity index (χ4v) is 3.72. The Bertz CT molecular complexity index is 1180. The minimum atomic E-state index is -0.299. The Morgan fingerprint density at radius 3 is 2.52 bits per heavy atom. The SMILES string of the molecule is COc1c(-c2nc3ccccc3c(=O)n2N)cc2ccccc2c1Br. The second kappa shape index (κ2) is 5.89. The van der Waals surface area contributed by atoms with E-state index < -0.39 is 0 Å². The van der Waals surface area contributed by atoms with Gasteiger partial charge in [-0.05, 0) is 44.9 Å². The molecule has 25 heavy (non-hydrogen) atoms. The minimum Gasteiger partial charge on any atom is -0.495 e. The first kappa shape index (κ1) is 15.7. The Kier molecular flexibility index (Phi) is 3.69. The quantitative estimate of drug-likeness (QED) is 0.525. The van der Waals surface area contributed by atoms with E-state index in [0.29, 0.717) is 28.0 Å². The topological polar surface area (TPSA) is 70.1 Å². The monoisotopic (exact) mass is 395 g/mol. The summed E-state index contributed by atoms with van der Waals surface area (Å²) in [6, 6.07) is 17.0. The number of ether oxygens (including phenoxy) is 1. The van der Waals surface area contributed by atoms with Crippen molar-refractivity contribution in [2.24, 2.45) is 0 Å². The highest BCUT2D eigenvalue weighted by atomic mass is 79.9. The Morgan fingerprint density at radius 1 is 1.08 bits per heavy atom. The van der Waals surface area contributed by atoms with Crippen molar-refractivity contribution in [2.45, 2.75) is 0 Å². The molecule has 0 bridgehead atoms. The van der Waals surface area contributed by atoms with E-state index in [1.54, 1.807) is 25.3 Å². The lowest BCUT2D eigenvalue weighted by molar-refractivity contribution is 0.414. The highest BCUT2D eigenvalue weighted by molar-refractivity contribution is 9.10. The maximum atomic E-state index is 12.6. The van der Waals surface area contributed by atoms with Crippen molar-refractivity contribution >= 4 is 37.6 Å². The van der Waals surface area contributed by atoms with Crippen LogP contribution < -0.4 is 16.1 Å². The molecule has 0 unspecified atom stereocenters. The van der Waals surface area contributed by atoms with Crippen LogP contribution in [0, 0.1) is 0 Å². The van der Waals surface area contributed by atoms with Crippen LogP contribution in [0.4, 0.5) is 0 Å². The van der Waals surface area contributed by atoms with E-state index in [1.165, 1.54) is 0 Å². The smallest absolute Gasteiger partial charge is 0.280 e. The summed E-state index contributed by atoms with van der Waals surface area (Å²) in [5, 5.41) is 2.48. The number of methoxy groups -OCH3 is 1. The van der Waals surface area contributed by atoms with E-state index in [0.717, 1.165) is 19.9 Å². The lowest BCUT2D eigenvalue weighted by Crippen LogP contribution is -2.30. The van der Waals surface area contributed by atoms with Crippen LogP contribution in [-0.2, 0) is 0 Å². The molecule has 124 valence electrons. The van der Waals surface area contributed by atoms with E-state index in [2.05, 4.69) is 20.9 Å². The summed E-state index contributed by atoms with van der Waals surface area (Å²) in [6.07, 6.45) is 0. The van der Waals surface area contributed by atoms with Crippen LogP contribution in [0.1, 0.15) is 0 Å². The Morgan fingerprint density at radius 2 is 1.76 bits per heavy atom. The molecular formula is C19H14BrN3O2. The predicted octanol–water partition coefficient (Wildman–Crippen LogP) is 3.70. The van der Waals surface area contributed by atoms with Gasteiger partial charge >= 0.3 is 0 Å². The number of aromatic nitrogens is 2.